The topological polar surface area (TPSA) is 44.4 Å². The Kier molecular flexibility index (Phi) is 7.51. The van der Waals surface area contributed by atoms with Gasteiger partial charge in [-0.2, -0.15) is 0 Å². The molecule has 2 aliphatic rings. The van der Waals surface area contributed by atoms with Gasteiger partial charge in [-0.3, -0.25) is 9.69 Å². The average molecular weight is 295 g/mol. The predicted octanol–water partition coefficient (Wildman–Crippen LogP) is 2.00. The molecule has 0 aromatic heterocycles. The monoisotopic (exact) mass is 295 g/mol. The van der Waals surface area contributed by atoms with Crippen LogP contribution in [0.2, 0.25) is 0 Å². The van der Waals surface area contributed by atoms with Crippen LogP contribution in [0.4, 0.5) is 0 Å². The van der Waals surface area contributed by atoms with E-state index in [0.717, 1.165) is 64.4 Å². The van der Waals surface area contributed by atoms with Gasteiger partial charge in [0.2, 0.25) is 5.91 Å². The number of piperazine rings is 1. The number of nitrogens with zero attached hydrogens (tertiary/aromatic N) is 1. The largest absolute Gasteiger partial charge is 0.355 e. The molecule has 21 heavy (non-hydrogen) atoms. The zero-order valence-electron chi connectivity index (χ0n) is 13.7. The van der Waals surface area contributed by atoms with Gasteiger partial charge in [0.05, 0.1) is 0 Å². The molecule has 0 bridgehead atoms. The second kappa shape index (κ2) is 9.42. The Labute approximate surface area is 130 Å². The van der Waals surface area contributed by atoms with Crippen LogP contribution in [0.25, 0.3) is 0 Å². The highest BCUT2D eigenvalue weighted by molar-refractivity contribution is 5.78. The fourth-order valence-electron chi connectivity index (χ4n) is 3.77. The Morgan fingerprint density at radius 1 is 1.29 bits per heavy atom. The van der Waals surface area contributed by atoms with E-state index < -0.39 is 0 Å². The van der Waals surface area contributed by atoms with Crippen LogP contribution in [-0.4, -0.2) is 50.1 Å². The first kappa shape index (κ1) is 16.8. The molecule has 2 rings (SSSR count). The molecule has 4 nitrogen and oxygen atoms in total. The van der Waals surface area contributed by atoms with Gasteiger partial charge in [0.25, 0.3) is 0 Å². The maximum absolute atomic E-state index is 12.4. The number of hydrogen-bond acceptors (Lipinski definition) is 3. The van der Waals surface area contributed by atoms with Gasteiger partial charge in [-0.05, 0) is 18.8 Å². The Morgan fingerprint density at radius 3 is 2.67 bits per heavy atom. The summed E-state index contributed by atoms with van der Waals surface area (Å²) in [5, 5.41) is 6.55. The SMILES string of the molecule is CCCC(CC1CCCC1)C(=O)NCCN1CCNCC1. The fraction of sp³-hybridized carbons (Fsp3) is 0.941. The lowest BCUT2D eigenvalue weighted by atomic mass is 9.89. The number of rotatable bonds is 8. The highest BCUT2D eigenvalue weighted by atomic mass is 16.1. The maximum Gasteiger partial charge on any atom is 0.223 e. The van der Waals surface area contributed by atoms with E-state index in [0.29, 0.717) is 5.91 Å². The molecule has 0 aromatic carbocycles. The summed E-state index contributed by atoms with van der Waals surface area (Å²) in [5.74, 6) is 1.36. The molecule has 1 heterocycles. The third-order valence-corrected chi connectivity index (χ3v) is 5.04. The van der Waals surface area contributed by atoms with Crippen LogP contribution in [-0.2, 0) is 4.79 Å². The molecular weight excluding hydrogens is 262 g/mol. The Morgan fingerprint density at radius 2 is 2.00 bits per heavy atom. The first-order valence-corrected chi connectivity index (χ1v) is 9.00. The van der Waals surface area contributed by atoms with E-state index in [-0.39, 0.29) is 5.92 Å². The van der Waals surface area contributed by atoms with Gasteiger partial charge in [-0.15, -0.1) is 0 Å². The van der Waals surface area contributed by atoms with Gasteiger partial charge in [0.15, 0.2) is 0 Å². The molecule has 2 N–H and O–H groups in total. The van der Waals surface area contributed by atoms with E-state index in [4.69, 9.17) is 0 Å². The highest BCUT2D eigenvalue weighted by Gasteiger charge is 2.24. The Balaban J connectivity index is 1.67. The molecule has 122 valence electrons. The first-order valence-electron chi connectivity index (χ1n) is 9.00. The van der Waals surface area contributed by atoms with Crippen molar-refractivity contribution in [2.45, 2.75) is 51.9 Å². The van der Waals surface area contributed by atoms with Crippen LogP contribution in [0.3, 0.4) is 0 Å². The van der Waals surface area contributed by atoms with E-state index in [1.54, 1.807) is 0 Å². The lowest BCUT2D eigenvalue weighted by Crippen LogP contribution is -2.46. The minimum absolute atomic E-state index is 0.251. The highest BCUT2D eigenvalue weighted by Crippen LogP contribution is 2.31. The predicted molar refractivity (Wildman–Crippen MR) is 87.3 cm³/mol. The number of nitrogens with one attached hydrogen (secondary N) is 2. The van der Waals surface area contributed by atoms with Crippen molar-refractivity contribution >= 4 is 5.91 Å². The Hall–Kier alpha value is -0.610. The van der Waals surface area contributed by atoms with Gasteiger partial charge in [-0.25, -0.2) is 0 Å². The second-order valence-corrected chi connectivity index (χ2v) is 6.75. The molecule has 1 amide bonds. The zero-order valence-corrected chi connectivity index (χ0v) is 13.7. The molecule has 2 fully saturated rings. The molecule has 4 heteroatoms. The van der Waals surface area contributed by atoms with E-state index in [1.165, 1.54) is 25.7 Å². The summed E-state index contributed by atoms with van der Waals surface area (Å²) < 4.78 is 0. The van der Waals surface area contributed by atoms with Gasteiger partial charge >= 0.3 is 0 Å². The molecule has 0 aromatic rings. The number of carbonyl (C=O) groups excluding carboxylic acids is 1. The van der Waals surface area contributed by atoms with Crippen molar-refractivity contribution in [3.05, 3.63) is 0 Å². The number of amides is 1. The molecule has 0 radical (unpaired) electrons. The van der Waals surface area contributed by atoms with Crippen molar-refractivity contribution < 1.29 is 4.79 Å². The molecule has 1 saturated carbocycles. The van der Waals surface area contributed by atoms with E-state index in [1.807, 2.05) is 0 Å². The Bertz CT molecular complexity index is 296. The molecule has 1 aliphatic heterocycles. The minimum atomic E-state index is 0.251. The lowest BCUT2D eigenvalue weighted by Gasteiger charge is -2.27. The van der Waals surface area contributed by atoms with Crippen molar-refractivity contribution in [1.29, 1.82) is 0 Å². The first-order chi connectivity index (χ1) is 10.3. The summed E-state index contributed by atoms with van der Waals surface area (Å²) in [7, 11) is 0. The van der Waals surface area contributed by atoms with E-state index in [2.05, 4.69) is 22.5 Å². The zero-order chi connectivity index (χ0) is 14.9. The number of carbonyl (C=O) groups is 1. The van der Waals surface area contributed by atoms with E-state index >= 15 is 0 Å². The fourth-order valence-corrected chi connectivity index (χ4v) is 3.77. The van der Waals surface area contributed by atoms with Crippen LogP contribution in [0.15, 0.2) is 0 Å². The van der Waals surface area contributed by atoms with Crippen LogP contribution >= 0.6 is 0 Å². The quantitative estimate of drug-likeness (QED) is 0.720. The average Bonchev–Trinajstić information content (AvgIpc) is 3.01. The van der Waals surface area contributed by atoms with Crippen LogP contribution in [0.1, 0.15) is 51.9 Å². The maximum atomic E-state index is 12.4. The third-order valence-electron chi connectivity index (χ3n) is 5.04. The lowest BCUT2D eigenvalue weighted by molar-refractivity contribution is -0.125. The summed E-state index contributed by atoms with van der Waals surface area (Å²) in [6, 6.07) is 0. The van der Waals surface area contributed by atoms with Crippen LogP contribution in [0, 0.1) is 11.8 Å². The van der Waals surface area contributed by atoms with Crippen molar-refractivity contribution in [2.24, 2.45) is 11.8 Å². The molecule has 1 aliphatic carbocycles. The van der Waals surface area contributed by atoms with Gasteiger partial charge in [0, 0.05) is 45.2 Å². The minimum Gasteiger partial charge on any atom is -0.355 e. The van der Waals surface area contributed by atoms with Crippen molar-refractivity contribution in [3.63, 3.8) is 0 Å². The van der Waals surface area contributed by atoms with Crippen LogP contribution in [0.5, 0.6) is 0 Å². The normalized spacial score (nSPS) is 22.3. The van der Waals surface area contributed by atoms with Gasteiger partial charge < -0.3 is 10.6 Å². The van der Waals surface area contributed by atoms with Gasteiger partial charge in [-0.1, -0.05) is 39.0 Å². The molecular formula is C17H33N3O. The van der Waals surface area contributed by atoms with Gasteiger partial charge in [0.1, 0.15) is 0 Å². The van der Waals surface area contributed by atoms with Crippen molar-refractivity contribution in [1.82, 2.24) is 15.5 Å². The summed E-state index contributed by atoms with van der Waals surface area (Å²) >= 11 is 0. The third kappa shape index (κ3) is 5.95. The van der Waals surface area contributed by atoms with E-state index in [9.17, 15) is 4.79 Å². The number of hydrogen-bond donors (Lipinski definition) is 2. The molecule has 1 atom stereocenters. The molecule has 1 saturated heterocycles. The van der Waals surface area contributed by atoms with Crippen molar-refractivity contribution in [3.8, 4) is 0 Å². The second-order valence-electron chi connectivity index (χ2n) is 6.75. The summed E-state index contributed by atoms with van der Waals surface area (Å²) in [6.07, 6.45) is 8.71. The summed E-state index contributed by atoms with van der Waals surface area (Å²) in [5.41, 5.74) is 0. The molecule has 1 unspecified atom stereocenters. The van der Waals surface area contributed by atoms with Crippen LogP contribution < -0.4 is 10.6 Å². The summed E-state index contributed by atoms with van der Waals surface area (Å²) in [6.45, 7) is 8.36. The summed E-state index contributed by atoms with van der Waals surface area (Å²) in [4.78, 5) is 14.9. The standard InChI is InChI=1S/C17H33N3O/c1-2-5-16(14-15-6-3-4-7-15)17(21)19-10-13-20-11-8-18-9-12-20/h15-16,18H,2-14H2,1H3,(H,19,21). The van der Waals surface area contributed by atoms with Crippen molar-refractivity contribution in [2.75, 3.05) is 39.3 Å². The smallest absolute Gasteiger partial charge is 0.223 e. The molecule has 0 spiro atoms.